The van der Waals surface area contributed by atoms with Crippen molar-refractivity contribution in [3.63, 3.8) is 0 Å². The first-order valence-corrected chi connectivity index (χ1v) is 9.82. The van der Waals surface area contributed by atoms with Crippen LogP contribution in [0, 0.1) is 6.92 Å². The third-order valence-corrected chi connectivity index (χ3v) is 5.58. The highest BCUT2D eigenvalue weighted by molar-refractivity contribution is 6.10. The Kier molecular flexibility index (Phi) is 4.29. The van der Waals surface area contributed by atoms with Crippen molar-refractivity contribution in [1.29, 1.82) is 0 Å². The first-order valence-electron chi connectivity index (χ1n) is 9.82. The highest BCUT2D eigenvalue weighted by atomic mass is 16.5. The molecule has 5 rings (SSSR count). The van der Waals surface area contributed by atoms with Gasteiger partial charge in [-0.3, -0.25) is 14.5 Å². The second-order valence-electron chi connectivity index (χ2n) is 7.52. The zero-order valence-electron chi connectivity index (χ0n) is 17.0. The summed E-state index contributed by atoms with van der Waals surface area (Å²) in [5, 5.41) is 10.5. The first-order chi connectivity index (χ1) is 15.0. The van der Waals surface area contributed by atoms with Crippen LogP contribution >= 0.6 is 0 Å². The fourth-order valence-corrected chi connectivity index (χ4v) is 4.12. The van der Waals surface area contributed by atoms with E-state index in [1.54, 1.807) is 29.2 Å². The fourth-order valence-electron chi connectivity index (χ4n) is 4.12. The number of methoxy groups -OCH3 is 1. The molecule has 154 valence electrons. The predicted octanol–water partition coefficient (Wildman–Crippen LogP) is 4.57. The molecule has 0 aliphatic carbocycles. The third-order valence-electron chi connectivity index (χ3n) is 5.58. The maximum atomic E-state index is 13.6. The number of anilines is 1. The molecule has 0 spiro atoms. The van der Waals surface area contributed by atoms with Gasteiger partial charge in [-0.2, -0.15) is 0 Å². The number of para-hydroxylation sites is 1. The standard InChI is InChI=1S/C25H19NO5/c1-14-8-11-19-17(12-14)23(28)21-22(15-9-10-18(27)20(13-15)30-2)26(25(29)24(21)31-19)16-6-4-3-5-7-16/h3-13,22,27H,1-2H3. The first kappa shape index (κ1) is 18.9. The lowest BCUT2D eigenvalue weighted by atomic mass is 9.97. The van der Waals surface area contributed by atoms with Gasteiger partial charge in [0.15, 0.2) is 16.9 Å². The number of ether oxygens (including phenoxy) is 1. The summed E-state index contributed by atoms with van der Waals surface area (Å²) in [4.78, 5) is 28.6. The van der Waals surface area contributed by atoms with Crippen LogP contribution in [0.4, 0.5) is 5.69 Å². The van der Waals surface area contributed by atoms with Crippen LogP contribution in [0.25, 0.3) is 11.0 Å². The zero-order valence-corrected chi connectivity index (χ0v) is 17.0. The van der Waals surface area contributed by atoms with Crippen molar-refractivity contribution in [2.24, 2.45) is 0 Å². The molecule has 31 heavy (non-hydrogen) atoms. The molecule has 1 atom stereocenters. The summed E-state index contributed by atoms with van der Waals surface area (Å²) in [6.07, 6.45) is 0. The smallest absolute Gasteiger partial charge is 0.295 e. The Morgan fingerprint density at radius 3 is 2.52 bits per heavy atom. The van der Waals surface area contributed by atoms with Crippen molar-refractivity contribution in [3.05, 3.63) is 99.4 Å². The molecular weight excluding hydrogens is 394 g/mol. The second-order valence-corrected chi connectivity index (χ2v) is 7.52. The number of phenolic OH excluding ortho intramolecular Hbond substituents is 1. The van der Waals surface area contributed by atoms with E-state index in [9.17, 15) is 14.7 Å². The van der Waals surface area contributed by atoms with Crippen molar-refractivity contribution in [2.45, 2.75) is 13.0 Å². The van der Waals surface area contributed by atoms with Crippen LogP contribution in [0.3, 0.4) is 0 Å². The molecule has 0 saturated heterocycles. The van der Waals surface area contributed by atoms with E-state index in [1.165, 1.54) is 13.2 Å². The molecule has 1 aliphatic rings. The maximum Gasteiger partial charge on any atom is 0.295 e. The molecule has 0 radical (unpaired) electrons. The summed E-state index contributed by atoms with van der Waals surface area (Å²) in [6.45, 7) is 1.90. The molecule has 1 aromatic heterocycles. The maximum absolute atomic E-state index is 13.6. The van der Waals surface area contributed by atoms with Gasteiger partial charge in [-0.1, -0.05) is 35.9 Å². The van der Waals surface area contributed by atoms with Crippen molar-refractivity contribution < 1.29 is 19.1 Å². The molecule has 3 aromatic carbocycles. The largest absolute Gasteiger partial charge is 0.504 e. The van der Waals surface area contributed by atoms with Crippen LogP contribution in [0.5, 0.6) is 11.5 Å². The van der Waals surface area contributed by atoms with Crippen LogP contribution in [0.2, 0.25) is 0 Å². The van der Waals surface area contributed by atoms with E-state index >= 15 is 0 Å². The van der Waals surface area contributed by atoms with Gasteiger partial charge in [-0.15, -0.1) is 0 Å². The van der Waals surface area contributed by atoms with E-state index in [-0.39, 0.29) is 28.3 Å². The van der Waals surface area contributed by atoms with Gasteiger partial charge in [0, 0.05) is 5.69 Å². The third kappa shape index (κ3) is 2.87. The van der Waals surface area contributed by atoms with Crippen LogP contribution < -0.4 is 15.1 Å². The molecule has 0 fully saturated rings. The number of carbonyl (C=O) groups excluding carboxylic acids is 1. The summed E-state index contributed by atoms with van der Waals surface area (Å²) in [5.41, 5.74) is 2.59. The number of hydrogen-bond acceptors (Lipinski definition) is 5. The molecule has 0 bridgehead atoms. The van der Waals surface area contributed by atoms with E-state index in [0.29, 0.717) is 22.2 Å². The molecule has 1 aliphatic heterocycles. The Labute approximate surface area is 177 Å². The summed E-state index contributed by atoms with van der Waals surface area (Å²) < 4.78 is 11.2. The van der Waals surface area contributed by atoms with Crippen LogP contribution in [0.1, 0.15) is 33.3 Å². The van der Waals surface area contributed by atoms with Gasteiger partial charge in [-0.05, 0) is 48.9 Å². The number of phenols is 1. The molecule has 6 nitrogen and oxygen atoms in total. The Morgan fingerprint density at radius 2 is 1.77 bits per heavy atom. The van der Waals surface area contributed by atoms with Crippen LogP contribution in [0.15, 0.2) is 75.9 Å². The van der Waals surface area contributed by atoms with Gasteiger partial charge in [0.2, 0.25) is 5.76 Å². The Hall–Kier alpha value is -4.06. The number of nitrogens with zero attached hydrogens (tertiary/aromatic N) is 1. The number of aromatic hydroxyl groups is 1. The molecular formula is C25H19NO5. The number of fused-ring (bicyclic) bond motifs is 2. The Balaban J connectivity index is 1.83. The molecule has 2 heterocycles. The summed E-state index contributed by atoms with van der Waals surface area (Å²) in [5.74, 6) is -0.129. The summed E-state index contributed by atoms with van der Waals surface area (Å²) in [7, 11) is 1.45. The predicted molar refractivity (Wildman–Crippen MR) is 117 cm³/mol. The molecule has 1 N–H and O–H groups in total. The minimum absolute atomic E-state index is 0.0248. The van der Waals surface area contributed by atoms with Crippen LogP contribution in [-0.4, -0.2) is 18.1 Å². The van der Waals surface area contributed by atoms with E-state index in [0.717, 1.165) is 5.56 Å². The number of benzene rings is 3. The molecule has 1 unspecified atom stereocenters. The van der Waals surface area contributed by atoms with Gasteiger partial charge in [0.05, 0.1) is 24.1 Å². The lowest BCUT2D eigenvalue weighted by Gasteiger charge is -2.25. The van der Waals surface area contributed by atoms with Crippen molar-refractivity contribution in [2.75, 3.05) is 12.0 Å². The molecule has 0 saturated carbocycles. The monoisotopic (exact) mass is 413 g/mol. The van der Waals surface area contributed by atoms with Gasteiger partial charge in [0.25, 0.3) is 5.91 Å². The van der Waals surface area contributed by atoms with Crippen molar-refractivity contribution in [3.8, 4) is 11.5 Å². The Morgan fingerprint density at radius 1 is 1.00 bits per heavy atom. The SMILES string of the molecule is COc1cc(C2c3c(oc4ccc(C)cc4c3=O)C(=O)N2c2ccccc2)ccc1O. The van der Waals surface area contributed by atoms with E-state index in [2.05, 4.69) is 0 Å². The second kappa shape index (κ2) is 7.02. The minimum atomic E-state index is -0.722. The average Bonchev–Trinajstić information content (AvgIpc) is 3.08. The lowest BCUT2D eigenvalue weighted by molar-refractivity contribution is 0.0971. The van der Waals surface area contributed by atoms with E-state index in [4.69, 9.17) is 9.15 Å². The lowest BCUT2D eigenvalue weighted by Crippen LogP contribution is -2.29. The molecule has 1 amide bonds. The fraction of sp³-hybridized carbons (Fsp3) is 0.120. The highest BCUT2D eigenvalue weighted by Crippen LogP contribution is 2.43. The summed E-state index contributed by atoms with van der Waals surface area (Å²) >= 11 is 0. The van der Waals surface area contributed by atoms with E-state index in [1.807, 2.05) is 43.3 Å². The topological polar surface area (TPSA) is 80.0 Å². The zero-order chi connectivity index (χ0) is 21.7. The Bertz CT molecular complexity index is 1390. The number of aryl methyl sites for hydroxylation is 1. The average molecular weight is 413 g/mol. The normalized spacial score (nSPS) is 15.4. The number of amides is 1. The number of hydrogen-bond donors (Lipinski definition) is 1. The minimum Gasteiger partial charge on any atom is -0.504 e. The van der Waals surface area contributed by atoms with Crippen molar-refractivity contribution in [1.82, 2.24) is 0 Å². The molecule has 6 heteroatoms. The van der Waals surface area contributed by atoms with Crippen LogP contribution in [-0.2, 0) is 0 Å². The van der Waals surface area contributed by atoms with Crippen molar-refractivity contribution >= 4 is 22.6 Å². The van der Waals surface area contributed by atoms with Gasteiger partial charge in [-0.25, -0.2) is 0 Å². The number of carbonyl (C=O) groups is 1. The van der Waals surface area contributed by atoms with Gasteiger partial charge >= 0.3 is 0 Å². The highest BCUT2D eigenvalue weighted by Gasteiger charge is 2.43. The number of rotatable bonds is 3. The van der Waals surface area contributed by atoms with Gasteiger partial charge < -0.3 is 14.3 Å². The molecule has 4 aromatic rings. The summed E-state index contributed by atoms with van der Waals surface area (Å²) in [6, 6.07) is 18.5. The van der Waals surface area contributed by atoms with E-state index < -0.39 is 11.9 Å². The quantitative estimate of drug-likeness (QED) is 0.532. The van der Waals surface area contributed by atoms with Gasteiger partial charge in [0.1, 0.15) is 5.58 Å².